The number of halogens is 1. The Bertz CT molecular complexity index is 1010. The van der Waals surface area contributed by atoms with Gasteiger partial charge in [-0.25, -0.2) is 9.97 Å². The quantitative estimate of drug-likeness (QED) is 0.605. The van der Waals surface area contributed by atoms with Gasteiger partial charge in [-0.1, -0.05) is 17.7 Å². The summed E-state index contributed by atoms with van der Waals surface area (Å²) in [6, 6.07) is 11.2. The fourth-order valence-corrected chi connectivity index (χ4v) is 4.17. The van der Waals surface area contributed by atoms with E-state index in [9.17, 15) is 4.79 Å². The standard InChI is InChI=1S/C21H21ClN4O2S/c1-14-10-16(5-6-17(14)22)28-20-11-19(23-13-24-20)25-7-8-26(15(2)12-25)21(27)18-4-3-9-29-18/h3-6,9-11,13,15H,7-8,12H2,1-2H3. The normalized spacial score (nSPS) is 16.7. The summed E-state index contributed by atoms with van der Waals surface area (Å²) in [5, 5.41) is 2.63. The van der Waals surface area contributed by atoms with E-state index in [1.54, 1.807) is 6.07 Å². The molecule has 6 nitrogen and oxygen atoms in total. The van der Waals surface area contributed by atoms with Crippen molar-refractivity contribution < 1.29 is 9.53 Å². The van der Waals surface area contributed by atoms with Crippen LogP contribution in [0, 0.1) is 6.92 Å². The topological polar surface area (TPSA) is 58.6 Å². The van der Waals surface area contributed by atoms with Gasteiger partial charge in [0.25, 0.3) is 5.91 Å². The lowest BCUT2D eigenvalue weighted by atomic mass is 10.2. The monoisotopic (exact) mass is 428 g/mol. The molecular formula is C21H21ClN4O2S. The molecule has 8 heteroatoms. The third-order valence-corrected chi connectivity index (χ3v) is 6.21. The number of piperazine rings is 1. The Morgan fingerprint density at radius 2 is 2.10 bits per heavy atom. The molecule has 0 radical (unpaired) electrons. The van der Waals surface area contributed by atoms with Crippen molar-refractivity contribution in [1.29, 1.82) is 0 Å². The number of amides is 1. The summed E-state index contributed by atoms with van der Waals surface area (Å²) < 4.78 is 5.88. The number of hydrogen-bond acceptors (Lipinski definition) is 6. The first-order valence-corrected chi connectivity index (χ1v) is 10.6. The molecule has 3 aromatic rings. The number of aromatic nitrogens is 2. The van der Waals surface area contributed by atoms with Gasteiger partial charge in [0.1, 0.15) is 17.9 Å². The van der Waals surface area contributed by atoms with Crippen LogP contribution in [0.25, 0.3) is 0 Å². The Morgan fingerprint density at radius 3 is 2.83 bits per heavy atom. The number of hydrogen-bond donors (Lipinski definition) is 0. The van der Waals surface area contributed by atoms with Crippen LogP contribution in [-0.2, 0) is 0 Å². The minimum atomic E-state index is 0.0802. The van der Waals surface area contributed by atoms with Gasteiger partial charge in [0.2, 0.25) is 5.88 Å². The van der Waals surface area contributed by atoms with Gasteiger partial charge in [-0.05, 0) is 49.1 Å². The highest BCUT2D eigenvalue weighted by Gasteiger charge is 2.29. The predicted molar refractivity (Wildman–Crippen MR) is 115 cm³/mol. The summed E-state index contributed by atoms with van der Waals surface area (Å²) >= 11 is 7.55. The van der Waals surface area contributed by atoms with E-state index < -0.39 is 0 Å². The van der Waals surface area contributed by atoms with Gasteiger partial charge < -0.3 is 14.5 Å². The fourth-order valence-electron chi connectivity index (χ4n) is 3.37. The second-order valence-corrected chi connectivity index (χ2v) is 8.35. The molecule has 3 heterocycles. The predicted octanol–water partition coefficient (Wildman–Crippen LogP) is 4.64. The van der Waals surface area contributed by atoms with Crippen molar-refractivity contribution in [2.75, 3.05) is 24.5 Å². The molecule has 1 amide bonds. The van der Waals surface area contributed by atoms with Crippen LogP contribution in [-0.4, -0.2) is 46.5 Å². The Balaban J connectivity index is 1.45. The number of ether oxygens (including phenoxy) is 1. The highest BCUT2D eigenvalue weighted by molar-refractivity contribution is 7.12. The Morgan fingerprint density at radius 1 is 1.24 bits per heavy atom. The van der Waals surface area contributed by atoms with Crippen LogP contribution < -0.4 is 9.64 Å². The summed E-state index contributed by atoms with van der Waals surface area (Å²) in [4.78, 5) is 26.2. The molecule has 29 heavy (non-hydrogen) atoms. The van der Waals surface area contributed by atoms with Crippen molar-refractivity contribution in [3.63, 3.8) is 0 Å². The second kappa shape index (κ2) is 8.39. The molecule has 1 unspecified atom stereocenters. The van der Waals surface area contributed by atoms with E-state index in [1.807, 2.05) is 47.5 Å². The number of nitrogens with zero attached hydrogens (tertiary/aromatic N) is 4. The number of aryl methyl sites for hydroxylation is 1. The van der Waals surface area contributed by atoms with Gasteiger partial charge >= 0.3 is 0 Å². The number of thiophene rings is 1. The Hall–Kier alpha value is -2.64. The van der Waals surface area contributed by atoms with Crippen molar-refractivity contribution in [3.05, 3.63) is 63.6 Å². The third-order valence-electron chi connectivity index (χ3n) is 4.92. The summed E-state index contributed by atoms with van der Waals surface area (Å²) in [6.07, 6.45) is 1.50. The summed E-state index contributed by atoms with van der Waals surface area (Å²) in [5.74, 6) is 2.03. The number of benzene rings is 1. The molecule has 1 aliphatic heterocycles. The number of carbonyl (C=O) groups is 1. The largest absolute Gasteiger partial charge is 0.439 e. The Labute approximate surface area is 178 Å². The van der Waals surface area contributed by atoms with Gasteiger partial charge in [-0.15, -0.1) is 11.3 Å². The first-order valence-electron chi connectivity index (χ1n) is 9.37. The maximum absolute atomic E-state index is 12.7. The maximum Gasteiger partial charge on any atom is 0.264 e. The number of anilines is 1. The van der Waals surface area contributed by atoms with Crippen LogP contribution >= 0.6 is 22.9 Å². The van der Waals surface area contributed by atoms with E-state index in [-0.39, 0.29) is 11.9 Å². The van der Waals surface area contributed by atoms with E-state index >= 15 is 0 Å². The molecule has 0 spiro atoms. The summed E-state index contributed by atoms with van der Waals surface area (Å²) in [6.45, 7) is 6.05. The molecule has 1 saturated heterocycles. The van der Waals surface area contributed by atoms with Gasteiger partial charge in [-0.2, -0.15) is 0 Å². The van der Waals surface area contributed by atoms with E-state index in [4.69, 9.17) is 16.3 Å². The van der Waals surface area contributed by atoms with E-state index in [2.05, 4.69) is 21.8 Å². The van der Waals surface area contributed by atoms with Gasteiger partial charge in [0, 0.05) is 36.8 Å². The van der Waals surface area contributed by atoms with Crippen molar-refractivity contribution >= 4 is 34.7 Å². The van der Waals surface area contributed by atoms with Crippen LogP contribution in [0.5, 0.6) is 11.6 Å². The zero-order valence-electron chi connectivity index (χ0n) is 16.2. The first kappa shape index (κ1) is 19.7. The molecular weight excluding hydrogens is 408 g/mol. The molecule has 4 rings (SSSR count). The van der Waals surface area contributed by atoms with Gasteiger partial charge in [-0.3, -0.25) is 4.79 Å². The maximum atomic E-state index is 12.7. The van der Waals surface area contributed by atoms with E-state index in [0.717, 1.165) is 16.3 Å². The molecule has 0 aliphatic carbocycles. The molecule has 0 saturated carbocycles. The number of carbonyl (C=O) groups excluding carboxylic acids is 1. The van der Waals surface area contributed by atoms with Gasteiger partial charge in [0.15, 0.2) is 0 Å². The number of rotatable bonds is 4. The minimum absolute atomic E-state index is 0.0802. The lowest BCUT2D eigenvalue weighted by Crippen LogP contribution is -2.54. The average Bonchev–Trinajstić information content (AvgIpc) is 3.25. The second-order valence-electron chi connectivity index (χ2n) is 7.00. The molecule has 1 aromatic carbocycles. The summed E-state index contributed by atoms with van der Waals surface area (Å²) in [7, 11) is 0. The third kappa shape index (κ3) is 4.36. The molecule has 1 aliphatic rings. The molecule has 2 aromatic heterocycles. The Kier molecular flexibility index (Phi) is 5.69. The van der Waals surface area contributed by atoms with Crippen LogP contribution in [0.1, 0.15) is 22.2 Å². The first-order chi connectivity index (χ1) is 14.0. The van der Waals surface area contributed by atoms with E-state index in [1.165, 1.54) is 17.7 Å². The molecule has 1 atom stereocenters. The van der Waals surface area contributed by atoms with Crippen molar-refractivity contribution in [1.82, 2.24) is 14.9 Å². The molecule has 0 N–H and O–H groups in total. The molecule has 0 bridgehead atoms. The lowest BCUT2D eigenvalue weighted by molar-refractivity contribution is 0.0678. The van der Waals surface area contributed by atoms with Crippen LogP contribution in [0.15, 0.2) is 48.1 Å². The smallest absolute Gasteiger partial charge is 0.264 e. The van der Waals surface area contributed by atoms with Crippen molar-refractivity contribution in [2.45, 2.75) is 19.9 Å². The van der Waals surface area contributed by atoms with E-state index in [0.29, 0.717) is 36.3 Å². The SMILES string of the molecule is Cc1cc(Oc2cc(N3CCN(C(=O)c4cccs4)C(C)C3)ncn2)ccc1Cl. The van der Waals surface area contributed by atoms with Crippen molar-refractivity contribution in [3.8, 4) is 11.6 Å². The van der Waals surface area contributed by atoms with Crippen LogP contribution in [0.2, 0.25) is 5.02 Å². The average molecular weight is 429 g/mol. The van der Waals surface area contributed by atoms with Crippen molar-refractivity contribution in [2.24, 2.45) is 0 Å². The zero-order valence-corrected chi connectivity index (χ0v) is 17.8. The lowest BCUT2D eigenvalue weighted by Gasteiger charge is -2.40. The van der Waals surface area contributed by atoms with Gasteiger partial charge in [0.05, 0.1) is 4.88 Å². The highest BCUT2D eigenvalue weighted by atomic mass is 35.5. The molecule has 150 valence electrons. The minimum Gasteiger partial charge on any atom is -0.439 e. The van der Waals surface area contributed by atoms with Crippen LogP contribution in [0.3, 0.4) is 0 Å². The zero-order chi connectivity index (χ0) is 20.4. The fraction of sp³-hybridized carbons (Fsp3) is 0.286. The highest BCUT2D eigenvalue weighted by Crippen LogP contribution is 2.27. The molecule has 1 fully saturated rings. The van der Waals surface area contributed by atoms with Crippen LogP contribution in [0.4, 0.5) is 5.82 Å². The summed E-state index contributed by atoms with van der Waals surface area (Å²) in [5.41, 5.74) is 0.943.